The Hall–Kier alpha value is -3.09. The van der Waals surface area contributed by atoms with E-state index in [-0.39, 0.29) is 11.8 Å². The number of H-pyrrole nitrogens is 1. The third kappa shape index (κ3) is 3.20. The fourth-order valence-electron chi connectivity index (χ4n) is 3.89. The van der Waals surface area contributed by atoms with Crippen LogP contribution >= 0.6 is 0 Å². The Balaban J connectivity index is 1.60. The number of carbonyl (C=O) groups is 1. The normalized spacial score (nSPS) is 17.2. The van der Waals surface area contributed by atoms with Crippen molar-refractivity contribution in [1.29, 1.82) is 0 Å². The van der Waals surface area contributed by atoms with Crippen molar-refractivity contribution < 1.29 is 4.79 Å². The number of hydrogen-bond acceptors (Lipinski definition) is 4. The highest BCUT2D eigenvalue weighted by Gasteiger charge is 2.30. The third-order valence-electron chi connectivity index (χ3n) is 5.23. The maximum Gasteiger partial charge on any atom is 0.272 e. The summed E-state index contributed by atoms with van der Waals surface area (Å²) in [6.07, 6.45) is 5.83. The molecule has 0 radical (unpaired) electrons. The summed E-state index contributed by atoms with van der Waals surface area (Å²) < 4.78 is 2.15. The summed E-state index contributed by atoms with van der Waals surface area (Å²) in [6, 6.07) is 9.67. The van der Waals surface area contributed by atoms with Crippen LogP contribution in [-0.2, 0) is 6.54 Å². The molecule has 7 nitrogen and oxygen atoms in total. The van der Waals surface area contributed by atoms with Gasteiger partial charge in [-0.05, 0) is 25.3 Å². The number of anilines is 1. The van der Waals surface area contributed by atoms with Crippen LogP contribution in [0.2, 0.25) is 0 Å². The van der Waals surface area contributed by atoms with Crippen molar-refractivity contribution in [3.63, 3.8) is 0 Å². The fraction of sp³-hybridized carbons (Fsp3) is 0.350. The van der Waals surface area contributed by atoms with Crippen molar-refractivity contribution in [2.45, 2.75) is 32.2 Å². The van der Waals surface area contributed by atoms with Crippen molar-refractivity contribution >= 4 is 11.7 Å². The van der Waals surface area contributed by atoms with Gasteiger partial charge in [0, 0.05) is 37.9 Å². The van der Waals surface area contributed by atoms with E-state index in [9.17, 15) is 4.79 Å². The van der Waals surface area contributed by atoms with Crippen LogP contribution in [0.5, 0.6) is 0 Å². The molecule has 2 aromatic heterocycles. The SMILES string of the molecule is CCn1ccnc1[C@H]1CCCN(C(=O)c2[nH]nc(N)c2-c2ccccc2)C1. The van der Waals surface area contributed by atoms with Gasteiger partial charge >= 0.3 is 0 Å². The topological polar surface area (TPSA) is 92.8 Å². The molecule has 27 heavy (non-hydrogen) atoms. The van der Waals surface area contributed by atoms with Gasteiger partial charge in [-0.15, -0.1) is 0 Å². The van der Waals surface area contributed by atoms with Gasteiger partial charge in [-0.1, -0.05) is 30.3 Å². The molecule has 1 aromatic carbocycles. The van der Waals surface area contributed by atoms with Crippen LogP contribution in [0.4, 0.5) is 5.82 Å². The van der Waals surface area contributed by atoms with Crippen LogP contribution in [0.15, 0.2) is 42.7 Å². The molecule has 4 rings (SSSR count). The minimum atomic E-state index is -0.0580. The number of rotatable bonds is 4. The Labute approximate surface area is 158 Å². The number of aryl methyl sites for hydroxylation is 1. The average Bonchev–Trinajstić information content (AvgIpc) is 3.34. The fourth-order valence-corrected chi connectivity index (χ4v) is 3.89. The highest BCUT2D eigenvalue weighted by Crippen LogP contribution is 2.31. The predicted molar refractivity (Wildman–Crippen MR) is 104 cm³/mol. The van der Waals surface area contributed by atoms with Gasteiger partial charge in [-0.25, -0.2) is 4.98 Å². The van der Waals surface area contributed by atoms with Crippen molar-refractivity contribution in [3.8, 4) is 11.1 Å². The number of hydrogen-bond donors (Lipinski definition) is 2. The van der Waals surface area contributed by atoms with E-state index in [0.29, 0.717) is 23.6 Å². The summed E-state index contributed by atoms with van der Waals surface area (Å²) in [5, 5.41) is 6.95. The Morgan fingerprint density at radius 1 is 1.33 bits per heavy atom. The number of piperidine rings is 1. The molecule has 3 N–H and O–H groups in total. The first-order valence-electron chi connectivity index (χ1n) is 9.38. The van der Waals surface area contributed by atoms with E-state index in [4.69, 9.17) is 5.73 Å². The van der Waals surface area contributed by atoms with Gasteiger partial charge in [0.15, 0.2) is 5.82 Å². The predicted octanol–water partition coefficient (Wildman–Crippen LogP) is 2.90. The summed E-state index contributed by atoms with van der Waals surface area (Å²) in [7, 11) is 0. The van der Waals surface area contributed by atoms with E-state index in [1.165, 1.54) is 0 Å². The van der Waals surface area contributed by atoms with Crippen molar-refractivity contribution in [2.75, 3.05) is 18.8 Å². The summed E-state index contributed by atoms with van der Waals surface area (Å²) in [4.78, 5) is 19.7. The second kappa shape index (κ2) is 7.26. The van der Waals surface area contributed by atoms with E-state index in [1.54, 1.807) is 0 Å². The highest BCUT2D eigenvalue weighted by molar-refractivity contribution is 6.01. The van der Waals surface area contributed by atoms with Crippen LogP contribution in [0.3, 0.4) is 0 Å². The Morgan fingerprint density at radius 3 is 2.93 bits per heavy atom. The molecule has 140 valence electrons. The summed E-state index contributed by atoms with van der Waals surface area (Å²) in [6.45, 7) is 4.38. The molecule has 1 saturated heterocycles. The monoisotopic (exact) mass is 364 g/mol. The van der Waals surface area contributed by atoms with E-state index < -0.39 is 0 Å². The molecule has 1 aliphatic rings. The minimum Gasteiger partial charge on any atom is -0.382 e. The molecule has 3 heterocycles. The molecule has 0 unspecified atom stereocenters. The third-order valence-corrected chi connectivity index (χ3v) is 5.23. The van der Waals surface area contributed by atoms with Gasteiger partial charge in [0.2, 0.25) is 0 Å². The Kier molecular flexibility index (Phi) is 4.66. The number of amides is 1. The highest BCUT2D eigenvalue weighted by atomic mass is 16.2. The van der Waals surface area contributed by atoms with Crippen LogP contribution < -0.4 is 5.73 Å². The number of nitrogen functional groups attached to an aromatic ring is 1. The largest absolute Gasteiger partial charge is 0.382 e. The van der Waals surface area contributed by atoms with Crippen LogP contribution in [-0.4, -0.2) is 43.6 Å². The molecule has 1 atom stereocenters. The smallest absolute Gasteiger partial charge is 0.272 e. The molecule has 1 amide bonds. The van der Waals surface area contributed by atoms with Gasteiger partial charge in [0.25, 0.3) is 5.91 Å². The van der Waals surface area contributed by atoms with E-state index in [1.807, 2.05) is 47.6 Å². The maximum atomic E-state index is 13.2. The van der Waals surface area contributed by atoms with Crippen LogP contribution in [0.25, 0.3) is 11.1 Å². The number of benzene rings is 1. The zero-order valence-corrected chi connectivity index (χ0v) is 15.4. The van der Waals surface area contributed by atoms with Crippen molar-refractivity contribution in [3.05, 3.63) is 54.2 Å². The summed E-state index contributed by atoms with van der Waals surface area (Å²) >= 11 is 0. The average molecular weight is 364 g/mol. The first-order chi connectivity index (χ1) is 13.2. The summed E-state index contributed by atoms with van der Waals surface area (Å²) in [5.74, 6) is 1.59. The first kappa shape index (κ1) is 17.3. The van der Waals surface area contributed by atoms with Gasteiger partial charge in [0.1, 0.15) is 11.5 Å². The lowest BCUT2D eigenvalue weighted by Crippen LogP contribution is -2.40. The molecule has 3 aromatic rings. The lowest BCUT2D eigenvalue weighted by Gasteiger charge is -2.32. The molecule has 0 bridgehead atoms. The summed E-state index contributed by atoms with van der Waals surface area (Å²) in [5.41, 5.74) is 8.08. The lowest BCUT2D eigenvalue weighted by molar-refractivity contribution is 0.0698. The number of aromatic nitrogens is 4. The first-order valence-corrected chi connectivity index (χ1v) is 9.38. The quantitative estimate of drug-likeness (QED) is 0.744. The number of aromatic amines is 1. The van der Waals surface area contributed by atoms with Gasteiger partial charge in [-0.2, -0.15) is 5.10 Å². The van der Waals surface area contributed by atoms with Gasteiger partial charge in [-0.3, -0.25) is 9.89 Å². The molecule has 7 heteroatoms. The standard InChI is InChI=1S/C20H24N6O/c1-2-25-12-10-22-19(25)15-9-6-11-26(13-15)20(27)17-16(18(21)24-23-17)14-7-4-3-5-8-14/h3-5,7-8,10,12,15H,2,6,9,11,13H2,1H3,(H3,21,23,24)/t15-/m0/s1. The Morgan fingerprint density at radius 2 is 2.15 bits per heavy atom. The van der Waals surface area contributed by atoms with E-state index in [0.717, 1.165) is 37.3 Å². The zero-order valence-electron chi connectivity index (χ0n) is 15.4. The number of imidazole rings is 1. The van der Waals surface area contributed by atoms with Crippen molar-refractivity contribution in [2.24, 2.45) is 0 Å². The molecule has 0 aliphatic carbocycles. The van der Waals surface area contributed by atoms with Gasteiger partial charge in [0.05, 0.1) is 5.56 Å². The maximum absolute atomic E-state index is 13.2. The number of nitrogens with zero attached hydrogens (tertiary/aromatic N) is 4. The second-order valence-corrected chi connectivity index (χ2v) is 6.89. The lowest BCUT2D eigenvalue weighted by atomic mass is 9.96. The van der Waals surface area contributed by atoms with Gasteiger partial charge < -0.3 is 15.2 Å². The molecule has 1 fully saturated rings. The molecule has 1 aliphatic heterocycles. The molecule has 0 saturated carbocycles. The molecule has 0 spiro atoms. The number of carbonyl (C=O) groups excluding carboxylic acids is 1. The van der Waals surface area contributed by atoms with Crippen LogP contribution in [0, 0.1) is 0 Å². The zero-order chi connectivity index (χ0) is 18.8. The second-order valence-electron chi connectivity index (χ2n) is 6.89. The molecular weight excluding hydrogens is 340 g/mol. The van der Waals surface area contributed by atoms with E-state index in [2.05, 4.69) is 26.7 Å². The molecular formula is C20H24N6O. The number of likely N-dealkylation sites (tertiary alicyclic amines) is 1. The number of nitrogens with one attached hydrogen (secondary N) is 1. The van der Waals surface area contributed by atoms with E-state index >= 15 is 0 Å². The Bertz CT molecular complexity index is 929. The van der Waals surface area contributed by atoms with Crippen molar-refractivity contribution in [1.82, 2.24) is 24.6 Å². The van der Waals surface area contributed by atoms with Crippen LogP contribution in [0.1, 0.15) is 42.0 Å². The minimum absolute atomic E-state index is 0.0580. The number of nitrogens with two attached hydrogens (primary N) is 1.